The van der Waals surface area contributed by atoms with Gasteiger partial charge in [-0.1, -0.05) is 46.7 Å². The van der Waals surface area contributed by atoms with Crippen molar-refractivity contribution in [2.75, 3.05) is 0 Å². The van der Waals surface area contributed by atoms with Gasteiger partial charge in [0.15, 0.2) is 0 Å². The zero-order valence-corrected chi connectivity index (χ0v) is 7.72. The Bertz CT molecular complexity index is 71.1. The van der Waals surface area contributed by atoms with E-state index >= 15 is 0 Å². The van der Waals surface area contributed by atoms with Gasteiger partial charge in [-0.15, -0.1) is 0 Å². The summed E-state index contributed by atoms with van der Waals surface area (Å²) in [5, 5.41) is 0.447. The first-order valence-electron chi connectivity index (χ1n) is 3.64. The highest BCUT2D eigenvalue weighted by Gasteiger charge is 2.19. The van der Waals surface area contributed by atoms with Gasteiger partial charge in [0.1, 0.15) is 0 Å². The molecule has 1 atom stereocenters. The van der Waals surface area contributed by atoms with Crippen LogP contribution in [0.5, 0.6) is 0 Å². The van der Waals surface area contributed by atoms with Gasteiger partial charge in [-0.3, -0.25) is 0 Å². The molecule has 1 heteroatoms. The van der Waals surface area contributed by atoms with Gasteiger partial charge in [0.25, 0.3) is 0 Å². The molecule has 0 saturated heterocycles. The first kappa shape index (κ1) is 9.35. The quantitative estimate of drug-likeness (QED) is 0.558. The third-order valence-electron chi connectivity index (χ3n) is 1.52. The van der Waals surface area contributed by atoms with Gasteiger partial charge in [-0.25, -0.2) is 0 Å². The predicted molar refractivity (Wildman–Crippen MR) is 45.7 cm³/mol. The van der Waals surface area contributed by atoms with Crippen LogP contribution in [0.15, 0.2) is 0 Å². The summed E-state index contributed by atoms with van der Waals surface area (Å²) in [6, 6.07) is 0. The summed E-state index contributed by atoms with van der Waals surface area (Å²) in [4.78, 5) is 0. The second kappa shape index (κ2) is 3.50. The lowest BCUT2D eigenvalue weighted by Gasteiger charge is -2.24. The van der Waals surface area contributed by atoms with Crippen molar-refractivity contribution in [2.45, 2.75) is 45.8 Å². The van der Waals surface area contributed by atoms with Crippen molar-refractivity contribution in [3.63, 3.8) is 0 Å². The molecule has 0 aromatic heterocycles. The maximum absolute atomic E-state index is 5.27. The van der Waals surface area contributed by atoms with E-state index in [4.69, 9.17) is 12.6 Å². The first-order chi connectivity index (χ1) is 3.98. The fourth-order valence-corrected chi connectivity index (χ4v) is 0.931. The van der Waals surface area contributed by atoms with Crippen LogP contribution < -0.4 is 0 Å². The average molecular weight is 145 g/mol. The van der Waals surface area contributed by atoms with Crippen molar-refractivity contribution in [3.05, 3.63) is 0 Å². The monoisotopic (exact) mass is 145 g/mol. The molecule has 9 heavy (non-hydrogen) atoms. The van der Waals surface area contributed by atoms with Crippen LogP contribution in [0.4, 0.5) is 0 Å². The van der Waals surface area contributed by atoms with Gasteiger partial charge in [-0.05, 0) is 11.8 Å². The lowest BCUT2D eigenvalue weighted by atomic mass is 9.89. The lowest BCUT2D eigenvalue weighted by molar-refractivity contribution is 0.380. The normalized spacial score (nSPS) is 15.7. The molecule has 0 rings (SSSR count). The summed E-state index contributed by atoms with van der Waals surface area (Å²) in [6.07, 6.45) is 2.39. The van der Waals surface area contributed by atoms with E-state index in [9.17, 15) is 0 Å². The third kappa shape index (κ3) is 3.85. The smallest absolute Gasteiger partial charge is 0.0200 e. The zero-order chi connectivity index (χ0) is 7.49. The molecule has 0 aliphatic heterocycles. The molecule has 0 aromatic rings. The third-order valence-corrected chi connectivity index (χ3v) is 2.46. The van der Waals surface area contributed by atoms with E-state index in [0.717, 1.165) is 0 Å². The first-order valence-corrected chi connectivity index (χ1v) is 4.11. The molecule has 0 aromatic carbocycles. The number of hydrogen-bond donors (Lipinski definition) is 0. The highest BCUT2D eigenvalue weighted by molar-refractivity contribution is 7.81. The Morgan fingerprint density at radius 1 is 1.33 bits per heavy atom. The predicted octanol–water partition coefficient (Wildman–Crippen LogP) is 3.40. The van der Waals surface area contributed by atoms with Gasteiger partial charge in [-0.2, -0.15) is 0 Å². The second-order valence-corrected chi connectivity index (χ2v) is 4.21. The molecule has 0 fully saturated rings. The minimum atomic E-state index is 0.325. The molecule has 0 heterocycles. The molecular formula is C8H17S. The van der Waals surface area contributed by atoms with E-state index in [1.807, 2.05) is 0 Å². The summed E-state index contributed by atoms with van der Waals surface area (Å²) in [6.45, 7) is 8.81. The van der Waals surface area contributed by atoms with Crippen LogP contribution in [-0.2, 0) is 0 Å². The Kier molecular flexibility index (Phi) is 3.64. The van der Waals surface area contributed by atoms with Crippen LogP contribution in [0.2, 0.25) is 0 Å². The van der Waals surface area contributed by atoms with Crippen molar-refractivity contribution in [2.24, 2.45) is 5.41 Å². The molecule has 0 spiro atoms. The number of rotatable bonds is 2. The summed E-state index contributed by atoms with van der Waals surface area (Å²) in [7, 11) is 0. The topological polar surface area (TPSA) is 0 Å². The summed E-state index contributed by atoms with van der Waals surface area (Å²) < 4.78 is 0. The largest absolute Gasteiger partial charge is 0.0899 e. The van der Waals surface area contributed by atoms with Crippen LogP contribution in [-0.4, -0.2) is 5.25 Å². The van der Waals surface area contributed by atoms with Gasteiger partial charge in [0, 0.05) is 5.25 Å². The average Bonchev–Trinajstić information content (AvgIpc) is 1.64. The summed E-state index contributed by atoms with van der Waals surface area (Å²) in [5.74, 6) is 0. The van der Waals surface area contributed by atoms with E-state index < -0.39 is 0 Å². The van der Waals surface area contributed by atoms with E-state index in [-0.39, 0.29) is 0 Å². The Hall–Kier alpha value is 0.350. The van der Waals surface area contributed by atoms with Crippen LogP contribution >= 0.6 is 12.6 Å². The Morgan fingerprint density at radius 3 is 1.89 bits per heavy atom. The van der Waals surface area contributed by atoms with Gasteiger partial charge in [0.2, 0.25) is 0 Å². The molecule has 1 unspecified atom stereocenters. The maximum atomic E-state index is 5.27. The molecule has 0 nitrogen and oxygen atoms in total. The molecule has 1 radical (unpaired) electrons. The summed E-state index contributed by atoms with van der Waals surface area (Å²) >= 11 is 5.27. The van der Waals surface area contributed by atoms with Crippen molar-refractivity contribution in [1.29, 1.82) is 0 Å². The number of hydrogen-bond acceptors (Lipinski definition) is 0. The van der Waals surface area contributed by atoms with Crippen molar-refractivity contribution in [1.82, 2.24) is 0 Å². The fraction of sp³-hybridized carbons (Fsp3) is 1.00. The summed E-state index contributed by atoms with van der Waals surface area (Å²) in [5.41, 5.74) is 0.325. The molecule has 0 amide bonds. The standard InChI is InChI=1S/C8H17S/c1-5-6-7(9)8(2,3)4/h7H,5-6H2,1-4H3. The van der Waals surface area contributed by atoms with Crippen LogP contribution in [0.25, 0.3) is 0 Å². The fourth-order valence-electron chi connectivity index (χ4n) is 0.695. The minimum absolute atomic E-state index is 0.325. The van der Waals surface area contributed by atoms with E-state index in [1.165, 1.54) is 12.8 Å². The maximum Gasteiger partial charge on any atom is 0.0200 e. The molecular weight excluding hydrogens is 128 g/mol. The molecule has 55 valence electrons. The Balaban J connectivity index is 3.59. The minimum Gasteiger partial charge on any atom is -0.0899 e. The van der Waals surface area contributed by atoms with E-state index in [0.29, 0.717) is 10.7 Å². The SMILES string of the molecule is CCCC([S])C(C)(C)C. The van der Waals surface area contributed by atoms with Crippen molar-refractivity contribution < 1.29 is 0 Å². The highest BCUT2D eigenvalue weighted by Crippen LogP contribution is 2.27. The van der Waals surface area contributed by atoms with Crippen LogP contribution in [0.1, 0.15) is 40.5 Å². The molecule has 0 aliphatic rings. The van der Waals surface area contributed by atoms with Crippen LogP contribution in [0.3, 0.4) is 0 Å². The highest BCUT2D eigenvalue weighted by atomic mass is 32.1. The van der Waals surface area contributed by atoms with Gasteiger partial charge < -0.3 is 0 Å². The Morgan fingerprint density at radius 2 is 1.78 bits per heavy atom. The van der Waals surface area contributed by atoms with Gasteiger partial charge >= 0.3 is 0 Å². The van der Waals surface area contributed by atoms with E-state index in [2.05, 4.69) is 27.7 Å². The molecule has 0 aliphatic carbocycles. The molecule has 0 N–H and O–H groups in total. The molecule has 0 bridgehead atoms. The Labute approximate surface area is 64.4 Å². The van der Waals surface area contributed by atoms with E-state index in [1.54, 1.807) is 0 Å². The van der Waals surface area contributed by atoms with Gasteiger partial charge in [0.05, 0.1) is 0 Å². The lowest BCUT2D eigenvalue weighted by Crippen LogP contribution is -2.20. The van der Waals surface area contributed by atoms with Crippen molar-refractivity contribution in [3.8, 4) is 0 Å². The van der Waals surface area contributed by atoms with Crippen LogP contribution in [0, 0.1) is 5.41 Å². The second-order valence-electron chi connectivity index (χ2n) is 3.64. The zero-order valence-electron chi connectivity index (χ0n) is 6.90. The van der Waals surface area contributed by atoms with Crippen molar-refractivity contribution >= 4 is 12.6 Å². The molecule has 0 saturated carbocycles.